The van der Waals surface area contributed by atoms with Gasteiger partial charge in [-0.15, -0.1) is 0 Å². The number of nitrogens with zero attached hydrogens (tertiary/aromatic N) is 1. The van der Waals surface area contributed by atoms with Crippen molar-refractivity contribution in [1.82, 2.24) is 4.98 Å². The summed E-state index contributed by atoms with van der Waals surface area (Å²) >= 11 is 0. The first kappa shape index (κ1) is 13.1. The van der Waals surface area contributed by atoms with Gasteiger partial charge in [0.1, 0.15) is 6.61 Å². The lowest BCUT2D eigenvalue weighted by Gasteiger charge is -2.10. The zero-order valence-corrected chi connectivity index (χ0v) is 11.2. The van der Waals surface area contributed by atoms with E-state index < -0.39 is 5.97 Å². The van der Waals surface area contributed by atoms with Crippen LogP contribution >= 0.6 is 0 Å². The molecule has 0 radical (unpaired) electrons. The third-order valence-corrected chi connectivity index (χ3v) is 3.21. The van der Waals surface area contributed by atoms with Crippen LogP contribution in [0.5, 0.6) is 5.88 Å². The second-order valence-electron chi connectivity index (χ2n) is 4.60. The SMILES string of the molecule is O=C(O)c1cccc2ccnc(OCc3ccccc3)c12. The van der Waals surface area contributed by atoms with Gasteiger partial charge in [0.05, 0.1) is 10.9 Å². The molecule has 0 aliphatic carbocycles. The maximum Gasteiger partial charge on any atom is 0.336 e. The number of fused-ring (bicyclic) bond motifs is 1. The largest absolute Gasteiger partial charge is 0.478 e. The number of carboxylic acids is 1. The molecule has 21 heavy (non-hydrogen) atoms. The minimum atomic E-state index is -0.988. The summed E-state index contributed by atoms with van der Waals surface area (Å²) in [5.74, 6) is -0.646. The molecule has 3 aromatic rings. The molecule has 4 heteroatoms. The molecule has 0 unspecified atom stereocenters. The predicted molar refractivity (Wildman–Crippen MR) is 79.5 cm³/mol. The van der Waals surface area contributed by atoms with E-state index >= 15 is 0 Å². The van der Waals surface area contributed by atoms with Crippen LogP contribution in [0.4, 0.5) is 0 Å². The van der Waals surface area contributed by atoms with Crippen molar-refractivity contribution >= 4 is 16.7 Å². The molecule has 0 atom stereocenters. The molecule has 0 aliphatic rings. The van der Waals surface area contributed by atoms with Gasteiger partial charge in [0, 0.05) is 6.20 Å². The quantitative estimate of drug-likeness (QED) is 0.794. The Morgan fingerprint density at radius 2 is 1.86 bits per heavy atom. The Bertz CT molecular complexity index is 779. The molecule has 3 rings (SSSR count). The Balaban J connectivity index is 2.00. The number of aromatic carboxylic acids is 1. The summed E-state index contributed by atoms with van der Waals surface area (Å²) in [5, 5.41) is 10.6. The molecule has 1 aromatic heterocycles. The van der Waals surface area contributed by atoms with Crippen LogP contribution in [0.1, 0.15) is 15.9 Å². The second kappa shape index (κ2) is 5.63. The topological polar surface area (TPSA) is 59.4 Å². The third-order valence-electron chi connectivity index (χ3n) is 3.21. The van der Waals surface area contributed by atoms with Crippen molar-refractivity contribution in [1.29, 1.82) is 0 Å². The summed E-state index contributed by atoms with van der Waals surface area (Å²) in [6, 6.07) is 16.6. The van der Waals surface area contributed by atoms with Gasteiger partial charge in [-0.2, -0.15) is 0 Å². The van der Waals surface area contributed by atoms with Crippen molar-refractivity contribution in [2.75, 3.05) is 0 Å². The summed E-state index contributed by atoms with van der Waals surface area (Å²) in [6.07, 6.45) is 1.62. The average Bonchev–Trinajstić information content (AvgIpc) is 2.53. The van der Waals surface area contributed by atoms with E-state index in [4.69, 9.17) is 4.74 Å². The fourth-order valence-corrected chi connectivity index (χ4v) is 2.21. The van der Waals surface area contributed by atoms with Gasteiger partial charge in [-0.3, -0.25) is 0 Å². The summed E-state index contributed by atoms with van der Waals surface area (Å²) in [5.41, 5.74) is 1.20. The van der Waals surface area contributed by atoms with E-state index in [2.05, 4.69) is 4.98 Å². The molecule has 0 saturated carbocycles. The smallest absolute Gasteiger partial charge is 0.336 e. The van der Waals surface area contributed by atoms with Crippen LogP contribution in [0.25, 0.3) is 10.8 Å². The number of hydrogen-bond donors (Lipinski definition) is 1. The van der Waals surface area contributed by atoms with E-state index in [-0.39, 0.29) is 5.56 Å². The highest BCUT2D eigenvalue weighted by molar-refractivity contribution is 6.05. The average molecular weight is 279 g/mol. The second-order valence-corrected chi connectivity index (χ2v) is 4.60. The van der Waals surface area contributed by atoms with Gasteiger partial charge in [0.25, 0.3) is 0 Å². The van der Waals surface area contributed by atoms with Gasteiger partial charge in [-0.25, -0.2) is 9.78 Å². The number of carboxylic acid groups (broad SMARTS) is 1. The minimum absolute atomic E-state index is 0.198. The van der Waals surface area contributed by atoms with E-state index in [1.807, 2.05) is 36.4 Å². The molecule has 104 valence electrons. The number of rotatable bonds is 4. The van der Waals surface area contributed by atoms with E-state index in [1.165, 1.54) is 0 Å². The standard InChI is InChI=1S/C17H13NO3/c19-17(20)14-8-4-7-13-9-10-18-16(15(13)14)21-11-12-5-2-1-3-6-12/h1-10H,11H2,(H,19,20). The van der Waals surface area contributed by atoms with Crippen molar-refractivity contribution < 1.29 is 14.6 Å². The molecular weight excluding hydrogens is 266 g/mol. The van der Waals surface area contributed by atoms with Crippen LogP contribution in [-0.4, -0.2) is 16.1 Å². The van der Waals surface area contributed by atoms with Crippen molar-refractivity contribution in [3.63, 3.8) is 0 Å². The molecule has 2 aromatic carbocycles. The molecule has 0 bridgehead atoms. The van der Waals surface area contributed by atoms with Crippen molar-refractivity contribution in [2.45, 2.75) is 6.61 Å². The maximum atomic E-state index is 11.4. The molecule has 0 saturated heterocycles. The van der Waals surface area contributed by atoms with E-state index in [9.17, 15) is 9.90 Å². The third kappa shape index (κ3) is 2.69. The van der Waals surface area contributed by atoms with E-state index in [0.717, 1.165) is 10.9 Å². The van der Waals surface area contributed by atoms with Crippen LogP contribution in [0.15, 0.2) is 60.8 Å². The first-order valence-corrected chi connectivity index (χ1v) is 6.53. The summed E-state index contributed by atoms with van der Waals surface area (Å²) < 4.78 is 5.72. The predicted octanol–water partition coefficient (Wildman–Crippen LogP) is 3.51. The summed E-state index contributed by atoms with van der Waals surface area (Å²) in [4.78, 5) is 15.5. The lowest BCUT2D eigenvalue weighted by molar-refractivity contribution is 0.0698. The van der Waals surface area contributed by atoms with Crippen molar-refractivity contribution in [2.24, 2.45) is 0 Å². The fraction of sp³-hybridized carbons (Fsp3) is 0.0588. The van der Waals surface area contributed by atoms with Crippen molar-refractivity contribution in [3.8, 4) is 5.88 Å². The van der Waals surface area contributed by atoms with Gasteiger partial charge in [-0.1, -0.05) is 42.5 Å². The number of benzene rings is 2. The monoisotopic (exact) mass is 279 g/mol. The van der Waals surface area contributed by atoms with Gasteiger partial charge < -0.3 is 9.84 Å². The van der Waals surface area contributed by atoms with Gasteiger partial charge in [-0.05, 0) is 23.1 Å². The molecule has 0 fully saturated rings. The van der Waals surface area contributed by atoms with Crippen LogP contribution in [-0.2, 0) is 6.61 Å². The molecule has 1 heterocycles. The number of carbonyl (C=O) groups is 1. The Morgan fingerprint density at radius 3 is 2.62 bits per heavy atom. The Morgan fingerprint density at radius 1 is 1.05 bits per heavy atom. The highest BCUT2D eigenvalue weighted by atomic mass is 16.5. The van der Waals surface area contributed by atoms with Crippen LogP contribution in [0, 0.1) is 0 Å². The zero-order valence-electron chi connectivity index (χ0n) is 11.2. The lowest BCUT2D eigenvalue weighted by Crippen LogP contribution is -2.02. The van der Waals surface area contributed by atoms with Crippen LogP contribution in [0.2, 0.25) is 0 Å². The normalized spacial score (nSPS) is 10.5. The van der Waals surface area contributed by atoms with Crippen LogP contribution < -0.4 is 4.74 Å². The molecule has 4 nitrogen and oxygen atoms in total. The summed E-state index contributed by atoms with van der Waals surface area (Å²) in [7, 11) is 0. The zero-order chi connectivity index (χ0) is 14.7. The Kier molecular flexibility index (Phi) is 3.51. The van der Waals surface area contributed by atoms with Gasteiger partial charge in [0.15, 0.2) is 0 Å². The highest BCUT2D eigenvalue weighted by Gasteiger charge is 2.13. The van der Waals surface area contributed by atoms with E-state index in [1.54, 1.807) is 24.4 Å². The Labute approximate surface area is 121 Å². The molecule has 0 amide bonds. The maximum absolute atomic E-state index is 11.4. The highest BCUT2D eigenvalue weighted by Crippen LogP contribution is 2.27. The molecule has 1 N–H and O–H groups in total. The Hall–Kier alpha value is -2.88. The number of aromatic nitrogens is 1. The minimum Gasteiger partial charge on any atom is -0.478 e. The first-order valence-electron chi connectivity index (χ1n) is 6.53. The number of ether oxygens (including phenoxy) is 1. The fourth-order valence-electron chi connectivity index (χ4n) is 2.21. The molecule has 0 aliphatic heterocycles. The first-order chi connectivity index (χ1) is 10.3. The van der Waals surface area contributed by atoms with Gasteiger partial charge in [0.2, 0.25) is 5.88 Å². The van der Waals surface area contributed by atoms with E-state index in [0.29, 0.717) is 17.9 Å². The lowest BCUT2D eigenvalue weighted by atomic mass is 10.1. The summed E-state index contributed by atoms with van der Waals surface area (Å²) in [6.45, 7) is 0.348. The number of pyridine rings is 1. The van der Waals surface area contributed by atoms with Crippen LogP contribution in [0.3, 0.4) is 0 Å². The number of hydrogen-bond acceptors (Lipinski definition) is 3. The van der Waals surface area contributed by atoms with Gasteiger partial charge >= 0.3 is 5.97 Å². The van der Waals surface area contributed by atoms with Crippen molar-refractivity contribution in [3.05, 3.63) is 71.9 Å². The molecular formula is C17H13NO3. The molecule has 0 spiro atoms.